The second-order valence-corrected chi connectivity index (χ2v) is 4.44. The van der Waals surface area contributed by atoms with E-state index in [0.717, 1.165) is 12.3 Å². The Labute approximate surface area is 139 Å². The van der Waals surface area contributed by atoms with Crippen LogP contribution in [-0.2, 0) is 9.59 Å². The lowest BCUT2D eigenvalue weighted by atomic mass is 10.2. The number of nitrogens with one attached hydrogen (secondary N) is 2. The molecule has 128 valence electrons. The predicted octanol–water partition coefficient (Wildman–Crippen LogP) is 0.975. The van der Waals surface area contributed by atoms with Crippen molar-refractivity contribution >= 4 is 35.6 Å². The van der Waals surface area contributed by atoms with Crippen LogP contribution in [0.25, 0.3) is 0 Å². The van der Waals surface area contributed by atoms with E-state index in [2.05, 4.69) is 10.4 Å². The molecular formula is C14H10N4O7. The van der Waals surface area contributed by atoms with Gasteiger partial charge in [-0.1, -0.05) is 12.1 Å². The lowest BCUT2D eigenvalue weighted by Gasteiger charge is -2.06. The van der Waals surface area contributed by atoms with Crippen molar-refractivity contribution in [2.45, 2.75) is 0 Å². The van der Waals surface area contributed by atoms with Gasteiger partial charge in [0.1, 0.15) is 4.92 Å². The highest BCUT2D eigenvalue weighted by molar-refractivity contribution is 6.39. The maximum absolute atomic E-state index is 11.7. The fraction of sp³-hybridized carbons (Fsp3) is 0. The zero-order chi connectivity index (χ0) is 18.4. The first-order chi connectivity index (χ1) is 11.9. The van der Waals surface area contributed by atoms with Crippen molar-refractivity contribution in [3.05, 3.63) is 57.8 Å². The van der Waals surface area contributed by atoms with E-state index >= 15 is 0 Å². The molecule has 3 N–H and O–H groups in total. The second-order valence-electron chi connectivity index (χ2n) is 4.44. The van der Waals surface area contributed by atoms with Gasteiger partial charge >= 0.3 is 23.7 Å². The van der Waals surface area contributed by atoms with Crippen LogP contribution in [0.1, 0.15) is 16.1 Å². The van der Waals surface area contributed by atoms with E-state index in [4.69, 9.17) is 9.52 Å². The largest absolute Gasteiger partial charge is 0.478 e. The monoisotopic (exact) mass is 346 g/mol. The average molecular weight is 346 g/mol. The third-order valence-electron chi connectivity index (χ3n) is 2.76. The molecule has 0 unspecified atom stereocenters. The molecule has 1 heterocycles. The number of hydrazone groups is 1. The molecule has 0 spiro atoms. The Morgan fingerprint density at radius 2 is 1.88 bits per heavy atom. The Bertz CT molecular complexity index is 872. The molecule has 0 bridgehead atoms. The SMILES string of the molecule is O=C(N/N=C\c1ccc([N+](=O)[O-])o1)C(=O)Nc1ccccc1C(=O)O. The number of rotatable bonds is 5. The van der Waals surface area contributed by atoms with Crippen molar-refractivity contribution in [1.29, 1.82) is 0 Å². The number of nitro groups is 1. The smallest absolute Gasteiger partial charge is 0.433 e. The van der Waals surface area contributed by atoms with Crippen LogP contribution >= 0.6 is 0 Å². The summed E-state index contributed by atoms with van der Waals surface area (Å²) in [5, 5.41) is 25.0. The molecule has 0 atom stereocenters. The Hall–Kier alpha value is -4.02. The first kappa shape index (κ1) is 17.3. The summed E-state index contributed by atoms with van der Waals surface area (Å²) in [5.74, 6) is -4.10. The van der Waals surface area contributed by atoms with Crippen LogP contribution < -0.4 is 10.7 Å². The molecule has 1 aromatic heterocycles. The number of hydrogen-bond donors (Lipinski definition) is 3. The summed E-state index contributed by atoms with van der Waals surface area (Å²) in [6, 6.07) is 7.88. The van der Waals surface area contributed by atoms with Crippen molar-refractivity contribution in [3.63, 3.8) is 0 Å². The standard InChI is InChI=1S/C14H10N4O7/c19-12(16-10-4-2-1-3-9(10)14(21)22)13(20)17-15-7-8-5-6-11(25-8)18(23)24/h1-7H,(H,16,19)(H,17,20)(H,21,22)/b15-7-. The maximum atomic E-state index is 11.7. The summed E-state index contributed by atoms with van der Waals surface area (Å²) in [6.07, 6.45) is 0.962. The van der Waals surface area contributed by atoms with Crippen LogP contribution in [0.15, 0.2) is 45.9 Å². The van der Waals surface area contributed by atoms with Crippen LogP contribution in [-0.4, -0.2) is 34.0 Å². The van der Waals surface area contributed by atoms with Gasteiger partial charge in [0, 0.05) is 0 Å². The zero-order valence-electron chi connectivity index (χ0n) is 12.3. The molecule has 0 aliphatic heterocycles. The van der Waals surface area contributed by atoms with Crippen molar-refractivity contribution < 1.29 is 28.8 Å². The summed E-state index contributed by atoms with van der Waals surface area (Å²) in [7, 11) is 0. The third kappa shape index (κ3) is 4.48. The van der Waals surface area contributed by atoms with Crippen LogP contribution in [0, 0.1) is 10.1 Å². The number of amides is 2. The molecule has 0 radical (unpaired) electrons. The summed E-state index contributed by atoms with van der Waals surface area (Å²) in [6.45, 7) is 0. The summed E-state index contributed by atoms with van der Waals surface area (Å²) in [5.41, 5.74) is 1.64. The van der Waals surface area contributed by atoms with Crippen LogP contribution in [0.3, 0.4) is 0 Å². The minimum Gasteiger partial charge on any atom is -0.478 e. The molecule has 11 heteroatoms. The highest BCUT2D eigenvalue weighted by Crippen LogP contribution is 2.15. The Balaban J connectivity index is 1.96. The average Bonchev–Trinajstić information content (AvgIpc) is 3.04. The van der Waals surface area contributed by atoms with E-state index in [1.54, 1.807) is 0 Å². The van der Waals surface area contributed by atoms with E-state index in [1.807, 2.05) is 5.43 Å². The number of para-hydroxylation sites is 1. The molecule has 25 heavy (non-hydrogen) atoms. The molecule has 0 saturated heterocycles. The van der Waals surface area contributed by atoms with Gasteiger partial charge in [-0.3, -0.25) is 19.7 Å². The van der Waals surface area contributed by atoms with Gasteiger partial charge < -0.3 is 14.8 Å². The number of carboxylic acid groups (broad SMARTS) is 1. The molecule has 0 aliphatic carbocycles. The van der Waals surface area contributed by atoms with Gasteiger partial charge in [0.2, 0.25) is 0 Å². The van der Waals surface area contributed by atoms with Gasteiger partial charge in [0.15, 0.2) is 5.76 Å². The summed E-state index contributed by atoms with van der Waals surface area (Å²) >= 11 is 0. The Morgan fingerprint density at radius 1 is 1.16 bits per heavy atom. The number of carbonyl (C=O) groups excluding carboxylic acids is 2. The topological polar surface area (TPSA) is 164 Å². The molecule has 0 fully saturated rings. The van der Waals surface area contributed by atoms with E-state index < -0.39 is 28.6 Å². The van der Waals surface area contributed by atoms with Crippen LogP contribution in [0.4, 0.5) is 11.6 Å². The second kappa shape index (κ2) is 7.50. The number of aromatic carboxylic acids is 1. The number of furan rings is 1. The first-order valence-electron chi connectivity index (χ1n) is 6.59. The lowest BCUT2D eigenvalue weighted by Crippen LogP contribution is -2.32. The fourth-order valence-corrected chi connectivity index (χ4v) is 1.67. The predicted molar refractivity (Wildman–Crippen MR) is 83.1 cm³/mol. The molecule has 2 amide bonds. The van der Waals surface area contributed by atoms with Gasteiger partial charge in [0.25, 0.3) is 0 Å². The van der Waals surface area contributed by atoms with Gasteiger partial charge in [-0.25, -0.2) is 10.2 Å². The van der Waals surface area contributed by atoms with Crippen molar-refractivity contribution in [1.82, 2.24) is 5.43 Å². The normalized spacial score (nSPS) is 10.4. The number of anilines is 1. The molecular weight excluding hydrogens is 336 g/mol. The Morgan fingerprint density at radius 3 is 2.52 bits per heavy atom. The fourth-order valence-electron chi connectivity index (χ4n) is 1.67. The van der Waals surface area contributed by atoms with E-state index in [0.29, 0.717) is 0 Å². The molecule has 0 saturated carbocycles. The first-order valence-corrected chi connectivity index (χ1v) is 6.59. The molecule has 11 nitrogen and oxygen atoms in total. The number of benzene rings is 1. The quantitative estimate of drug-likeness (QED) is 0.314. The van der Waals surface area contributed by atoms with Crippen molar-refractivity contribution in [3.8, 4) is 0 Å². The summed E-state index contributed by atoms with van der Waals surface area (Å²) < 4.78 is 4.76. The van der Waals surface area contributed by atoms with Crippen LogP contribution in [0.2, 0.25) is 0 Å². The van der Waals surface area contributed by atoms with Gasteiger partial charge in [0.05, 0.1) is 23.5 Å². The Kier molecular flexibility index (Phi) is 5.20. The van der Waals surface area contributed by atoms with Gasteiger partial charge in [-0.05, 0) is 18.2 Å². The third-order valence-corrected chi connectivity index (χ3v) is 2.76. The molecule has 1 aromatic carbocycles. The van der Waals surface area contributed by atoms with E-state index in [1.165, 1.54) is 30.3 Å². The molecule has 2 rings (SSSR count). The number of carboxylic acids is 1. The maximum Gasteiger partial charge on any atom is 0.433 e. The lowest BCUT2D eigenvalue weighted by molar-refractivity contribution is -0.402. The highest BCUT2D eigenvalue weighted by Gasteiger charge is 2.17. The number of nitrogens with zero attached hydrogens (tertiary/aromatic N) is 2. The minimum absolute atomic E-state index is 0.0105. The van der Waals surface area contributed by atoms with Gasteiger partial charge in [-0.2, -0.15) is 5.10 Å². The molecule has 0 aliphatic rings. The zero-order valence-corrected chi connectivity index (χ0v) is 12.3. The number of carbonyl (C=O) groups is 3. The highest BCUT2D eigenvalue weighted by atomic mass is 16.6. The minimum atomic E-state index is -1.27. The van der Waals surface area contributed by atoms with E-state index in [-0.39, 0.29) is 17.0 Å². The number of hydrogen-bond acceptors (Lipinski definition) is 7. The van der Waals surface area contributed by atoms with Crippen molar-refractivity contribution in [2.75, 3.05) is 5.32 Å². The van der Waals surface area contributed by atoms with Crippen molar-refractivity contribution in [2.24, 2.45) is 5.10 Å². The molecule has 2 aromatic rings. The van der Waals surface area contributed by atoms with E-state index in [9.17, 15) is 24.5 Å². The van der Waals surface area contributed by atoms with Crippen LogP contribution in [0.5, 0.6) is 0 Å². The summed E-state index contributed by atoms with van der Waals surface area (Å²) in [4.78, 5) is 44.0. The van der Waals surface area contributed by atoms with Gasteiger partial charge in [-0.15, -0.1) is 0 Å².